The molecule has 1 N–H and O–H groups in total. The minimum absolute atomic E-state index is 0.0597. The lowest BCUT2D eigenvalue weighted by Crippen LogP contribution is -2.28. The van der Waals surface area contributed by atoms with Crippen molar-refractivity contribution in [2.45, 2.75) is 6.42 Å². The number of amides is 2. The second-order valence-electron chi connectivity index (χ2n) is 5.24. The van der Waals surface area contributed by atoms with Crippen LogP contribution >= 0.6 is 11.6 Å². The van der Waals surface area contributed by atoms with E-state index in [4.69, 9.17) is 11.6 Å². The van der Waals surface area contributed by atoms with Crippen molar-refractivity contribution in [3.63, 3.8) is 0 Å². The van der Waals surface area contributed by atoms with E-state index >= 15 is 0 Å². The Bertz CT molecular complexity index is 703. The number of hydrogen-bond acceptors (Lipinski definition) is 2. The van der Waals surface area contributed by atoms with E-state index in [0.29, 0.717) is 11.6 Å². The van der Waals surface area contributed by atoms with Crippen molar-refractivity contribution >= 4 is 34.8 Å². The molecule has 1 unspecified atom stereocenters. The van der Waals surface area contributed by atoms with Gasteiger partial charge in [0.2, 0.25) is 11.8 Å². The van der Waals surface area contributed by atoms with Gasteiger partial charge in [-0.2, -0.15) is 0 Å². The fourth-order valence-corrected chi connectivity index (χ4v) is 2.73. The monoisotopic (exact) mass is 314 g/mol. The van der Waals surface area contributed by atoms with Gasteiger partial charge in [-0.15, -0.1) is 0 Å². The van der Waals surface area contributed by atoms with Gasteiger partial charge in [-0.3, -0.25) is 9.59 Å². The average Bonchev–Trinajstić information content (AvgIpc) is 2.90. The van der Waals surface area contributed by atoms with Crippen molar-refractivity contribution in [2.75, 3.05) is 16.8 Å². The Labute approximate surface area is 133 Å². The maximum absolute atomic E-state index is 12.3. The highest BCUT2D eigenvalue weighted by Gasteiger charge is 2.35. The molecule has 2 amide bonds. The lowest BCUT2D eigenvalue weighted by Gasteiger charge is -2.17. The number of halogens is 1. The average molecular weight is 315 g/mol. The Morgan fingerprint density at radius 3 is 2.64 bits per heavy atom. The van der Waals surface area contributed by atoms with Crippen molar-refractivity contribution in [2.24, 2.45) is 5.92 Å². The number of rotatable bonds is 3. The maximum Gasteiger partial charge on any atom is 0.229 e. The third-order valence-corrected chi connectivity index (χ3v) is 3.89. The Morgan fingerprint density at radius 2 is 1.91 bits per heavy atom. The predicted octanol–water partition coefficient (Wildman–Crippen LogP) is 3.33. The van der Waals surface area contributed by atoms with Crippen LogP contribution in [-0.2, 0) is 9.59 Å². The SMILES string of the molecule is O=C(Nc1ccccc1)C1CC(=O)N(c2cccc(Cl)c2)C1. The molecule has 1 fully saturated rings. The molecule has 0 spiro atoms. The number of hydrogen-bond donors (Lipinski definition) is 1. The molecule has 0 radical (unpaired) electrons. The highest BCUT2D eigenvalue weighted by molar-refractivity contribution is 6.31. The predicted molar refractivity (Wildman–Crippen MR) is 87.0 cm³/mol. The van der Waals surface area contributed by atoms with Gasteiger partial charge in [0.25, 0.3) is 0 Å². The molecular formula is C17H15ClN2O2. The second-order valence-corrected chi connectivity index (χ2v) is 5.68. The topological polar surface area (TPSA) is 49.4 Å². The molecule has 1 aliphatic rings. The molecule has 112 valence electrons. The van der Waals surface area contributed by atoms with Crippen molar-refractivity contribution in [1.82, 2.24) is 0 Å². The van der Waals surface area contributed by atoms with Crippen molar-refractivity contribution in [1.29, 1.82) is 0 Å². The molecule has 1 heterocycles. The van der Waals surface area contributed by atoms with Crippen LogP contribution < -0.4 is 10.2 Å². The number of carbonyl (C=O) groups is 2. The number of carbonyl (C=O) groups excluding carboxylic acids is 2. The first-order valence-corrected chi connectivity index (χ1v) is 7.43. The molecule has 0 bridgehead atoms. The minimum atomic E-state index is -0.355. The fraction of sp³-hybridized carbons (Fsp3) is 0.176. The summed E-state index contributed by atoms with van der Waals surface area (Å²) in [5.41, 5.74) is 1.47. The Kier molecular flexibility index (Phi) is 4.11. The first-order chi connectivity index (χ1) is 10.6. The first kappa shape index (κ1) is 14.6. The maximum atomic E-state index is 12.3. The quantitative estimate of drug-likeness (QED) is 0.944. The summed E-state index contributed by atoms with van der Waals surface area (Å²) in [6, 6.07) is 16.3. The van der Waals surface area contributed by atoms with E-state index in [1.54, 1.807) is 23.1 Å². The molecule has 2 aromatic carbocycles. The summed E-state index contributed by atoms with van der Waals surface area (Å²) in [4.78, 5) is 26.1. The van der Waals surface area contributed by atoms with E-state index in [0.717, 1.165) is 11.4 Å². The van der Waals surface area contributed by atoms with Crippen molar-refractivity contribution in [3.05, 3.63) is 59.6 Å². The van der Waals surface area contributed by atoms with Crippen molar-refractivity contribution < 1.29 is 9.59 Å². The zero-order valence-electron chi connectivity index (χ0n) is 11.8. The standard InChI is InChI=1S/C17H15ClN2O2/c18-13-5-4-8-15(10-13)20-11-12(9-16(20)21)17(22)19-14-6-2-1-3-7-14/h1-8,10,12H,9,11H2,(H,19,22). The summed E-state index contributed by atoms with van der Waals surface area (Å²) in [6.45, 7) is 0.373. The second kappa shape index (κ2) is 6.20. The largest absolute Gasteiger partial charge is 0.326 e. The summed E-state index contributed by atoms with van der Waals surface area (Å²) >= 11 is 5.96. The summed E-state index contributed by atoms with van der Waals surface area (Å²) < 4.78 is 0. The molecular weight excluding hydrogens is 300 g/mol. The number of nitrogens with zero attached hydrogens (tertiary/aromatic N) is 1. The van der Waals surface area contributed by atoms with Gasteiger partial charge in [-0.25, -0.2) is 0 Å². The van der Waals surface area contributed by atoms with E-state index in [9.17, 15) is 9.59 Å². The van der Waals surface area contributed by atoms with Crippen LogP contribution in [-0.4, -0.2) is 18.4 Å². The molecule has 1 saturated heterocycles. The van der Waals surface area contributed by atoms with E-state index in [2.05, 4.69) is 5.32 Å². The van der Waals surface area contributed by atoms with Gasteiger partial charge in [0.1, 0.15) is 0 Å². The molecule has 5 heteroatoms. The zero-order chi connectivity index (χ0) is 15.5. The van der Waals surface area contributed by atoms with Gasteiger partial charge < -0.3 is 10.2 Å². The normalized spacial score (nSPS) is 17.6. The molecule has 4 nitrogen and oxygen atoms in total. The summed E-state index contributed by atoms with van der Waals surface area (Å²) in [5.74, 6) is -0.550. The molecule has 0 saturated carbocycles. The van der Waals surface area contributed by atoms with Gasteiger partial charge >= 0.3 is 0 Å². The fourth-order valence-electron chi connectivity index (χ4n) is 2.54. The molecule has 1 aliphatic heterocycles. The van der Waals surface area contributed by atoms with Crippen LogP contribution in [0, 0.1) is 5.92 Å². The zero-order valence-corrected chi connectivity index (χ0v) is 12.6. The van der Waals surface area contributed by atoms with Crippen LogP contribution in [0.15, 0.2) is 54.6 Å². The summed E-state index contributed by atoms with van der Waals surface area (Å²) in [7, 11) is 0. The van der Waals surface area contributed by atoms with Crippen LogP contribution in [0.1, 0.15) is 6.42 Å². The highest BCUT2D eigenvalue weighted by atomic mass is 35.5. The third-order valence-electron chi connectivity index (χ3n) is 3.66. The molecule has 0 aliphatic carbocycles. The Hall–Kier alpha value is -2.33. The number of benzene rings is 2. The van der Waals surface area contributed by atoms with Crippen LogP contribution in [0.25, 0.3) is 0 Å². The minimum Gasteiger partial charge on any atom is -0.326 e. The number of para-hydroxylation sites is 1. The van der Waals surface area contributed by atoms with Crippen LogP contribution in [0.2, 0.25) is 5.02 Å². The summed E-state index contributed by atoms with van der Waals surface area (Å²) in [5, 5.41) is 3.42. The van der Waals surface area contributed by atoms with Crippen LogP contribution in [0.3, 0.4) is 0 Å². The van der Waals surface area contributed by atoms with E-state index in [1.807, 2.05) is 36.4 Å². The van der Waals surface area contributed by atoms with Gasteiger partial charge in [0.15, 0.2) is 0 Å². The smallest absolute Gasteiger partial charge is 0.229 e. The summed E-state index contributed by atoms with van der Waals surface area (Å²) in [6.07, 6.45) is 0.213. The van der Waals surface area contributed by atoms with E-state index < -0.39 is 0 Å². The first-order valence-electron chi connectivity index (χ1n) is 7.05. The van der Waals surface area contributed by atoms with Crippen molar-refractivity contribution in [3.8, 4) is 0 Å². The van der Waals surface area contributed by atoms with E-state index in [-0.39, 0.29) is 24.2 Å². The Balaban J connectivity index is 1.70. The van der Waals surface area contributed by atoms with Gasteiger partial charge in [0, 0.05) is 29.4 Å². The van der Waals surface area contributed by atoms with Gasteiger partial charge in [0.05, 0.1) is 5.92 Å². The number of nitrogens with one attached hydrogen (secondary N) is 1. The van der Waals surface area contributed by atoms with E-state index in [1.165, 1.54) is 0 Å². The van der Waals surface area contributed by atoms with Crippen LogP contribution in [0.5, 0.6) is 0 Å². The van der Waals surface area contributed by atoms with Gasteiger partial charge in [-0.1, -0.05) is 35.9 Å². The molecule has 0 aromatic heterocycles. The molecule has 3 rings (SSSR count). The molecule has 1 atom stereocenters. The number of anilines is 2. The van der Waals surface area contributed by atoms with Crippen LogP contribution in [0.4, 0.5) is 11.4 Å². The molecule has 2 aromatic rings. The molecule has 22 heavy (non-hydrogen) atoms. The Morgan fingerprint density at radius 1 is 1.14 bits per heavy atom. The third kappa shape index (κ3) is 3.12. The lowest BCUT2D eigenvalue weighted by atomic mass is 10.1. The lowest BCUT2D eigenvalue weighted by molar-refractivity contribution is -0.122. The highest BCUT2D eigenvalue weighted by Crippen LogP contribution is 2.27. The van der Waals surface area contributed by atoms with Gasteiger partial charge in [-0.05, 0) is 30.3 Å².